The highest BCUT2D eigenvalue weighted by molar-refractivity contribution is 5.86. The van der Waals surface area contributed by atoms with Crippen molar-refractivity contribution >= 4 is 17.2 Å². The second kappa shape index (κ2) is 6.45. The van der Waals surface area contributed by atoms with Crippen LogP contribution in [0.1, 0.15) is 11.1 Å². The Kier molecular flexibility index (Phi) is 4.21. The van der Waals surface area contributed by atoms with E-state index in [0.717, 1.165) is 28.3 Å². The van der Waals surface area contributed by atoms with Gasteiger partial charge in [-0.1, -0.05) is 48.5 Å². The number of fused-ring (bicyclic) bond motifs is 1. The smallest absolute Gasteiger partial charge is 0.195 e. The molecule has 0 saturated heterocycles. The summed E-state index contributed by atoms with van der Waals surface area (Å²) in [5, 5.41) is 1.04. The lowest BCUT2D eigenvalue weighted by Crippen LogP contribution is -2.24. The molecule has 0 unspecified atom stereocenters. The van der Waals surface area contributed by atoms with E-state index in [9.17, 15) is 4.79 Å². The minimum Gasteiger partial charge on any atom is -0.474 e. The van der Waals surface area contributed by atoms with Crippen LogP contribution in [0, 0.1) is 0 Å². The summed E-state index contributed by atoms with van der Waals surface area (Å²) in [6.45, 7) is 0.469. The number of para-hydroxylation sites is 1. The highest BCUT2D eigenvalue weighted by Crippen LogP contribution is 2.29. The van der Waals surface area contributed by atoms with Gasteiger partial charge in [-0.3, -0.25) is 0 Å². The molecule has 0 bridgehead atoms. The third kappa shape index (κ3) is 3.02. The van der Waals surface area contributed by atoms with Crippen molar-refractivity contribution in [2.24, 2.45) is 5.73 Å². The molecule has 0 amide bonds. The number of aldehydes is 1. The third-order valence-electron chi connectivity index (χ3n) is 3.62. The van der Waals surface area contributed by atoms with E-state index in [2.05, 4.69) is 4.98 Å². The molecule has 1 heterocycles. The molecule has 4 nitrogen and oxygen atoms in total. The van der Waals surface area contributed by atoms with Gasteiger partial charge >= 0.3 is 0 Å². The van der Waals surface area contributed by atoms with Crippen molar-refractivity contribution in [3.05, 3.63) is 65.7 Å². The van der Waals surface area contributed by atoms with Crippen molar-refractivity contribution in [3.8, 4) is 5.88 Å². The second-order valence-electron chi connectivity index (χ2n) is 5.26. The zero-order valence-electron chi connectivity index (χ0n) is 12.2. The van der Waals surface area contributed by atoms with E-state index in [4.69, 9.17) is 10.5 Å². The van der Waals surface area contributed by atoms with Crippen molar-refractivity contribution in [2.45, 2.75) is 19.1 Å². The molecule has 3 rings (SSSR count). The van der Waals surface area contributed by atoms with Crippen LogP contribution in [0.5, 0.6) is 5.88 Å². The molecule has 1 aromatic heterocycles. The molecule has 3 N–H and O–H groups in total. The molecule has 2 aromatic carbocycles. The minimum atomic E-state index is -0.529. The van der Waals surface area contributed by atoms with Gasteiger partial charge in [0.25, 0.3) is 0 Å². The van der Waals surface area contributed by atoms with E-state index in [0.29, 0.717) is 18.9 Å². The first-order valence-electron chi connectivity index (χ1n) is 7.25. The van der Waals surface area contributed by atoms with Crippen LogP contribution in [-0.2, 0) is 17.8 Å². The van der Waals surface area contributed by atoms with Gasteiger partial charge in [-0.25, -0.2) is 0 Å². The molecule has 4 heteroatoms. The number of rotatable bonds is 6. The first-order valence-corrected chi connectivity index (χ1v) is 7.25. The molecule has 0 saturated carbocycles. The number of carbonyl (C=O) groups excluding carboxylic acids is 1. The molecular weight excluding hydrogens is 276 g/mol. The Bertz CT molecular complexity index is 765. The first kappa shape index (κ1) is 14.4. The van der Waals surface area contributed by atoms with Gasteiger partial charge in [0, 0.05) is 22.9 Å². The lowest BCUT2D eigenvalue weighted by atomic mass is 10.1. The van der Waals surface area contributed by atoms with Gasteiger partial charge in [-0.2, -0.15) is 0 Å². The molecule has 0 aliphatic heterocycles. The fourth-order valence-corrected chi connectivity index (χ4v) is 2.51. The lowest BCUT2D eigenvalue weighted by molar-refractivity contribution is -0.108. The van der Waals surface area contributed by atoms with Gasteiger partial charge in [0.05, 0.1) is 6.04 Å². The van der Waals surface area contributed by atoms with Crippen LogP contribution < -0.4 is 10.5 Å². The maximum atomic E-state index is 10.9. The van der Waals surface area contributed by atoms with Crippen molar-refractivity contribution in [1.82, 2.24) is 4.98 Å². The second-order valence-corrected chi connectivity index (χ2v) is 5.26. The fourth-order valence-electron chi connectivity index (χ4n) is 2.51. The lowest BCUT2D eigenvalue weighted by Gasteiger charge is -2.09. The Morgan fingerprint density at radius 3 is 2.59 bits per heavy atom. The molecule has 22 heavy (non-hydrogen) atoms. The van der Waals surface area contributed by atoms with Gasteiger partial charge in [-0.15, -0.1) is 0 Å². The van der Waals surface area contributed by atoms with Crippen molar-refractivity contribution < 1.29 is 9.53 Å². The molecule has 0 fully saturated rings. The number of nitrogens with one attached hydrogen (secondary N) is 1. The van der Waals surface area contributed by atoms with Crippen LogP contribution in [0.15, 0.2) is 54.6 Å². The Morgan fingerprint density at radius 1 is 1.09 bits per heavy atom. The Balaban J connectivity index is 1.90. The SMILES string of the molecule is N[C@H](C=O)Cc1c(OCc2ccccc2)[nH]c2ccccc12. The maximum Gasteiger partial charge on any atom is 0.195 e. The van der Waals surface area contributed by atoms with Crippen LogP contribution in [0.2, 0.25) is 0 Å². The van der Waals surface area contributed by atoms with E-state index < -0.39 is 6.04 Å². The number of H-pyrrole nitrogens is 1. The van der Waals surface area contributed by atoms with Crippen LogP contribution in [0.4, 0.5) is 0 Å². The summed E-state index contributed by atoms with van der Waals surface area (Å²) in [6.07, 6.45) is 1.22. The van der Waals surface area contributed by atoms with Gasteiger partial charge in [0.2, 0.25) is 0 Å². The molecule has 112 valence electrons. The van der Waals surface area contributed by atoms with Gasteiger partial charge in [0.1, 0.15) is 12.9 Å². The Morgan fingerprint density at radius 2 is 1.82 bits per heavy atom. The van der Waals surface area contributed by atoms with Gasteiger partial charge in [0.15, 0.2) is 5.88 Å². The van der Waals surface area contributed by atoms with Crippen molar-refractivity contribution in [2.75, 3.05) is 0 Å². The normalized spacial score (nSPS) is 12.2. The fraction of sp³-hybridized carbons (Fsp3) is 0.167. The molecule has 3 aromatic rings. The molecule has 1 atom stereocenters. The molecular formula is C18H18N2O2. The number of aromatic nitrogens is 1. The van der Waals surface area contributed by atoms with E-state index in [1.807, 2.05) is 54.6 Å². The summed E-state index contributed by atoms with van der Waals surface area (Å²) in [4.78, 5) is 14.2. The van der Waals surface area contributed by atoms with Crippen LogP contribution in [0.25, 0.3) is 10.9 Å². The van der Waals surface area contributed by atoms with E-state index >= 15 is 0 Å². The Hall–Kier alpha value is -2.59. The zero-order chi connectivity index (χ0) is 15.4. The minimum absolute atomic E-state index is 0.456. The summed E-state index contributed by atoms with van der Waals surface area (Å²) < 4.78 is 5.93. The molecule has 0 aliphatic rings. The van der Waals surface area contributed by atoms with Crippen molar-refractivity contribution in [1.29, 1.82) is 0 Å². The highest BCUT2D eigenvalue weighted by Gasteiger charge is 2.15. The van der Waals surface area contributed by atoms with Crippen LogP contribution in [-0.4, -0.2) is 17.3 Å². The number of hydrogen-bond donors (Lipinski definition) is 2. The predicted octanol–water partition coefficient (Wildman–Crippen LogP) is 2.82. The third-order valence-corrected chi connectivity index (χ3v) is 3.62. The number of aromatic amines is 1. The highest BCUT2D eigenvalue weighted by atomic mass is 16.5. The molecule has 0 aliphatic carbocycles. The van der Waals surface area contributed by atoms with E-state index in [-0.39, 0.29) is 0 Å². The number of ether oxygens (including phenoxy) is 1. The van der Waals surface area contributed by atoms with Crippen molar-refractivity contribution in [3.63, 3.8) is 0 Å². The summed E-state index contributed by atoms with van der Waals surface area (Å²) in [5.74, 6) is 0.683. The van der Waals surface area contributed by atoms with E-state index in [1.165, 1.54) is 0 Å². The topological polar surface area (TPSA) is 68.1 Å². The van der Waals surface area contributed by atoms with Crippen LogP contribution >= 0.6 is 0 Å². The average Bonchev–Trinajstić information content (AvgIpc) is 2.91. The monoisotopic (exact) mass is 294 g/mol. The number of carbonyl (C=O) groups is 1. The van der Waals surface area contributed by atoms with Gasteiger partial charge in [-0.05, 0) is 11.6 Å². The van der Waals surface area contributed by atoms with Crippen LogP contribution in [0.3, 0.4) is 0 Å². The number of hydrogen-bond acceptors (Lipinski definition) is 3. The summed E-state index contributed by atoms with van der Waals surface area (Å²) in [6, 6.07) is 17.4. The maximum absolute atomic E-state index is 10.9. The molecule has 0 spiro atoms. The summed E-state index contributed by atoms with van der Waals surface area (Å²) >= 11 is 0. The standard InChI is InChI=1S/C18H18N2O2/c19-14(11-21)10-16-15-8-4-5-9-17(15)20-18(16)22-12-13-6-2-1-3-7-13/h1-9,11,14,20H,10,12,19H2/t14-/m0/s1. The Labute approximate surface area is 128 Å². The van der Waals surface area contributed by atoms with E-state index in [1.54, 1.807) is 0 Å². The largest absolute Gasteiger partial charge is 0.474 e. The summed E-state index contributed by atoms with van der Waals surface area (Å²) in [5.41, 5.74) is 8.82. The quantitative estimate of drug-likeness (QED) is 0.687. The summed E-state index contributed by atoms with van der Waals surface area (Å²) in [7, 11) is 0. The number of nitrogens with two attached hydrogens (primary N) is 1. The zero-order valence-corrected chi connectivity index (χ0v) is 12.2. The molecule has 0 radical (unpaired) electrons. The predicted molar refractivity (Wildman–Crippen MR) is 86.8 cm³/mol. The number of benzene rings is 2. The first-order chi connectivity index (χ1) is 10.8. The van der Waals surface area contributed by atoms with Gasteiger partial charge < -0.3 is 20.2 Å². The average molecular weight is 294 g/mol.